The molecule has 0 atom stereocenters. The Balaban J connectivity index is 2.41. The van der Waals surface area contributed by atoms with E-state index in [-0.39, 0.29) is 0 Å². The first-order valence-corrected chi connectivity index (χ1v) is 4.92. The first-order chi connectivity index (χ1) is 7.81. The summed E-state index contributed by atoms with van der Waals surface area (Å²) >= 11 is 0. The Hall–Kier alpha value is -2.24. The molecule has 2 aromatic rings. The number of hydrogen-bond donors (Lipinski definition) is 1. The van der Waals surface area contributed by atoms with Gasteiger partial charge in [-0.25, -0.2) is 19.3 Å². The molecule has 2 aromatic heterocycles. The van der Waals surface area contributed by atoms with Crippen molar-refractivity contribution in [3.05, 3.63) is 41.2 Å². The van der Waals surface area contributed by atoms with E-state index in [0.717, 1.165) is 0 Å². The van der Waals surface area contributed by atoms with Crippen LogP contribution in [0.3, 0.4) is 0 Å². The van der Waals surface area contributed by atoms with Crippen LogP contribution in [0.5, 0.6) is 0 Å². The maximum Gasteiger partial charge on any atom is 0.357 e. The van der Waals surface area contributed by atoms with Gasteiger partial charge in [-0.3, -0.25) is 0 Å². The van der Waals surface area contributed by atoms with Crippen LogP contribution in [0.4, 0.5) is 5.95 Å². The van der Waals surface area contributed by atoms with E-state index >= 15 is 0 Å². The first-order valence-electron chi connectivity index (χ1n) is 4.92. The number of rotatable bonds is 3. The second-order valence-electron chi connectivity index (χ2n) is 3.05. The zero-order chi connectivity index (χ0) is 11.4. The average Bonchev–Trinajstić information content (AvgIpc) is 2.31. The molecule has 6 heteroatoms. The van der Waals surface area contributed by atoms with Gasteiger partial charge in [0.25, 0.3) is 0 Å². The molecule has 0 saturated heterocycles. The van der Waals surface area contributed by atoms with Crippen LogP contribution in [0.1, 0.15) is 6.92 Å². The highest BCUT2D eigenvalue weighted by Gasteiger charge is 2.02. The van der Waals surface area contributed by atoms with Crippen molar-refractivity contribution < 1.29 is 0 Å². The average molecular weight is 217 g/mol. The zero-order valence-corrected chi connectivity index (χ0v) is 8.79. The highest BCUT2D eigenvalue weighted by molar-refractivity contribution is 5.24. The third-order valence-corrected chi connectivity index (χ3v) is 1.93. The van der Waals surface area contributed by atoms with Crippen LogP contribution in [0.15, 0.2) is 35.5 Å². The van der Waals surface area contributed by atoms with Crippen LogP contribution in [-0.4, -0.2) is 26.1 Å². The van der Waals surface area contributed by atoms with Gasteiger partial charge in [0.15, 0.2) is 0 Å². The van der Waals surface area contributed by atoms with E-state index < -0.39 is 5.69 Å². The van der Waals surface area contributed by atoms with Crippen LogP contribution in [0, 0.1) is 0 Å². The number of anilines is 1. The van der Waals surface area contributed by atoms with Gasteiger partial charge in [-0.15, -0.1) is 0 Å². The molecule has 16 heavy (non-hydrogen) atoms. The second kappa shape index (κ2) is 4.52. The van der Waals surface area contributed by atoms with Gasteiger partial charge in [0.2, 0.25) is 5.95 Å². The number of nitrogens with one attached hydrogen (secondary N) is 1. The minimum atomic E-state index is -0.398. The van der Waals surface area contributed by atoms with Crippen molar-refractivity contribution in [1.29, 1.82) is 0 Å². The molecule has 0 amide bonds. The van der Waals surface area contributed by atoms with Crippen molar-refractivity contribution in [2.75, 3.05) is 11.9 Å². The van der Waals surface area contributed by atoms with Crippen molar-refractivity contribution in [2.45, 2.75) is 6.92 Å². The lowest BCUT2D eigenvalue weighted by Crippen LogP contribution is -2.24. The quantitative estimate of drug-likeness (QED) is 0.808. The summed E-state index contributed by atoms with van der Waals surface area (Å²) in [6, 6.07) is 5.30. The Labute approximate surface area is 92.0 Å². The van der Waals surface area contributed by atoms with E-state index in [1.54, 1.807) is 24.4 Å². The molecule has 0 saturated carbocycles. The third kappa shape index (κ3) is 2.05. The van der Waals surface area contributed by atoms with Crippen molar-refractivity contribution in [1.82, 2.24) is 19.5 Å². The molecule has 0 fully saturated rings. The standard InChI is InChI=1S/C10H11N5O/c1-2-11-9-13-7-15(10(16)14-9)8-5-3-4-6-12-8/h3-7H,2H2,1H3,(H,11,14,16). The third-order valence-electron chi connectivity index (χ3n) is 1.93. The molecule has 0 aliphatic carbocycles. The van der Waals surface area contributed by atoms with Gasteiger partial charge in [-0.05, 0) is 19.1 Å². The van der Waals surface area contributed by atoms with Crippen LogP contribution in [0.2, 0.25) is 0 Å². The van der Waals surface area contributed by atoms with Crippen molar-refractivity contribution in [2.24, 2.45) is 0 Å². The predicted octanol–water partition coefficient (Wildman–Crippen LogP) is 0.454. The van der Waals surface area contributed by atoms with Gasteiger partial charge < -0.3 is 5.32 Å². The van der Waals surface area contributed by atoms with E-state index in [1.807, 2.05) is 6.92 Å². The van der Waals surface area contributed by atoms with Gasteiger partial charge in [0.1, 0.15) is 12.1 Å². The molecule has 0 spiro atoms. The van der Waals surface area contributed by atoms with Crippen LogP contribution < -0.4 is 11.0 Å². The fourth-order valence-electron chi connectivity index (χ4n) is 1.23. The number of aromatic nitrogens is 4. The maximum absolute atomic E-state index is 11.6. The van der Waals surface area contributed by atoms with Crippen LogP contribution in [0.25, 0.3) is 5.82 Å². The van der Waals surface area contributed by atoms with Gasteiger partial charge in [0, 0.05) is 12.7 Å². The fourth-order valence-corrected chi connectivity index (χ4v) is 1.23. The van der Waals surface area contributed by atoms with Gasteiger partial charge in [-0.1, -0.05) is 6.07 Å². The normalized spacial score (nSPS) is 10.1. The Morgan fingerprint density at radius 2 is 2.25 bits per heavy atom. The van der Waals surface area contributed by atoms with Crippen molar-refractivity contribution >= 4 is 5.95 Å². The first kappa shape index (κ1) is 10.3. The smallest absolute Gasteiger partial charge is 0.354 e. The lowest BCUT2D eigenvalue weighted by atomic mass is 10.5. The highest BCUT2D eigenvalue weighted by atomic mass is 16.1. The van der Waals surface area contributed by atoms with E-state index in [9.17, 15) is 4.79 Å². The molecule has 1 N–H and O–H groups in total. The SMILES string of the molecule is CCNc1ncn(-c2ccccn2)c(=O)n1. The van der Waals surface area contributed by atoms with E-state index in [0.29, 0.717) is 18.3 Å². The molecule has 0 unspecified atom stereocenters. The largest absolute Gasteiger partial charge is 0.357 e. The molecule has 2 rings (SSSR count). The Morgan fingerprint density at radius 1 is 1.38 bits per heavy atom. The summed E-state index contributed by atoms with van der Waals surface area (Å²) in [5.74, 6) is 0.843. The number of nitrogens with zero attached hydrogens (tertiary/aromatic N) is 4. The minimum Gasteiger partial charge on any atom is -0.354 e. The molecular weight excluding hydrogens is 206 g/mol. The second-order valence-corrected chi connectivity index (χ2v) is 3.05. The summed E-state index contributed by atoms with van der Waals surface area (Å²) < 4.78 is 1.29. The fraction of sp³-hybridized carbons (Fsp3) is 0.200. The Kier molecular flexibility index (Phi) is 2.90. The zero-order valence-electron chi connectivity index (χ0n) is 8.79. The summed E-state index contributed by atoms with van der Waals surface area (Å²) in [6.07, 6.45) is 3.02. The topological polar surface area (TPSA) is 72.7 Å². The Morgan fingerprint density at radius 3 is 2.88 bits per heavy atom. The van der Waals surface area contributed by atoms with Gasteiger partial charge >= 0.3 is 5.69 Å². The van der Waals surface area contributed by atoms with E-state index in [2.05, 4.69) is 20.3 Å². The number of hydrogen-bond acceptors (Lipinski definition) is 5. The summed E-state index contributed by atoms with van der Waals surface area (Å²) in [5, 5.41) is 2.87. The number of pyridine rings is 1. The highest BCUT2D eigenvalue weighted by Crippen LogP contribution is 1.98. The summed E-state index contributed by atoms with van der Waals surface area (Å²) in [7, 11) is 0. The lowest BCUT2D eigenvalue weighted by molar-refractivity contribution is 0.834. The van der Waals surface area contributed by atoms with Gasteiger partial charge in [0.05, 0.1) is 0 Å². The summed E-state index contributed by atoms with van der Waals surface area (Å²) in [5.41, 5.74) is -0.398. The molecule has 0 aliphatic heterocycles. The van der Waals surface area contributed by atoms with Crippen molar-refractivity contribution in [3.63, 3.8) is 0 Å². The summed E-state index contributed by atoms with van der Waals surface area (Å²) in [4.78, 5) is 23.5. The van der Waals surface area contributed by atoms with Crippen LogP contribution >= 0.6 is 0 Å². The molecule has 82 valence electrons. The molecule has 6 nitrogen and oxygen atoms in total. The van der Waals surface area contributed by atoms with Gasteiger partial charge in [-0.2, -0.15) is 4.98 Å². The van der Waals surface area contributed by atoms with E-state index in [1.165, 1.54) is 10.9 Å². The molecule has 0 aromatic carbocycles. The predicted molar refractivity (Wildman–Crippen MR) is 59.6 cm³/mol. The minimum absolute atomic E-state index is 0.333. The molecule has 2 heterocycles. The van der Waals surface area contributed by atoms with Crippen molar-refractivity contribution in [3.8, 4) is 5.82 Å². The maximum atomic E-state index is 11.6. The lowest BCUT2D eigenvalue weighted by Gasteiger charge is -2.04. The molecule has 0 bridgehead atoms. The summed E-state index contributed by atoms with van der Waals surface area (Å²) in [6.45, 7) is 2.58. The van der Waals surface area contributed by atoms with Crippen LogP contribution in [-0.2, 0) is 0 Å². The molecular formula is C10H11N5O. The Bertz CT molecular complexity index is 522. The monoisotopic (exact) mass is 217 g/mol. The van der Waals surface area contributed by atoms with E-state index in [4.69, 9.17) is 0 Å². The molecule has 0 radical (unpaired) electrons. The molecule has 0 aliphatic rings.